The van der Waals surface area contributed by atoms with Gasteiger partial charge in [-0.25, -0.2) is 13.5 Å². The third-order valence-electron chi connectivity index (χ3n) is 8.71. The zero-order valence-electron chi connectivity index (χ0n) is 25.4. The Morgan fingerprint density at radius 2 is 1.83 bits per heavy atom. The maximum Gasteiger partial charge on any atom is 0.393 e. The molecule has 0 bridgehead atoms. The second kappa shape index (κ2) is 13.3. The molecule has 1 atom stereocenters. The number of alkyl halides is 3. The summed E-state index contributed by atoms with van der Waals surface area (Å²) in [5.74, 6) is 0.647. The zero-order valence-corrected chi connectivity index (χ0v) is 27.0. The number of aromatic nitrogens is 3. The molecule has 0 aliphatic carbocycles. The van der Waals surface area contributed by atoms with Crippen molar-refractivity contribution in [2.75, 3.05) is 63.1 Å². The highest BCUT2D eigenvalue weighted by Gasteiger charge is 2.30. The fourth-order valence-corrected chi connectivity index (χ4v) is 8.05. The number of nitriles is 1. The lowest BCUT2D eigenvalue weighted by Crippen LogP contribution is -2.47. The minimum atomic E-state index is -4.31. The Morgan fingerprint density at radius 1 is 1.09 bits per heavy atom. The number of hydrogen-bond acceptors (Lipinski definition) is 10. The number of fused-ring (bicyclic) bond motifs is 2. The van der Waals surface area contributed by atoms with Gasteiger partial charge in [-0.3, -0.25) is 9.80 Å². The van der Waals surface area contributed by atoms with E-state index in [1.807, 2.05) is 21.0 Å². The molecule has 0 radical (unpaired) electrons. The van der Waals surface area contributed by atoms with Crippen LogP contribution in [0, 0.1) is 11.3 Å². The van der Waals surface area contributed by atoms with E-state index in [2.05, 4.69) is 31.2 Å². The van der Waals surface area contributed by atoms with E-state index in [4.69, 9.17) is 5.73 Å². The molecule has 1 aromatic carbocycles. The number of halogens is 3. The lowest BCUT2D eigenvalue weighted by Gasteiger charge is -2.33. The summed E-state index contributed by atoms with van der Waals surface area (Å²) in [6.07, 6.45) is -2.09. The van der Waals surface area contributed by atoms with Crippen molar-refractivity contribution in [2.24, 2.45) is 0 Å². The number of likely N-dealkylation sites (tertiary alicyclic amines) is 1. The zero-order chi connectivity index (χ0) is 32.6. The third-order valence-corrected chi connectivity index (χ3v) is 10.8. The average molecular weight is 676 g/mol. The molecule has 0 spiro atoms. The van der Waals surface area contributed by atoms with E-state index in [1.54, 1.807) is 12.3 Å². The van der Waals surface area contributed by atoms with Crippen molar-refractivity contribution in [3.05, 3.63) is 40.4 Å². The van der Waals surface area contributed by atoms with Gasteiger partial charge in [0, 0.05) is 93.1 Å². The molecule has 4 aromatic rings. The molecular formula is C30H36F3N9O2S2. The second-order valence-electron chi connectivity index (χ2n) is 11.9. The van der Waals surface area contributed by atoms with Crippen LogP contribution < -0.4 is 11.1 Å². The van der Waals surface area contributed by atoms with E-state index >= 15 is 0 Å². The number of nitrogens with one attached hydrogen (secondary N) is 1. The number of nitrogen functional groups attached to an aromatic ring is 1. The van der Waals surface area contributed by atoms with Gasteiger partial charge in [-0.1, -0.05) is 0 Å². The minimum absolute atomic E-state index is 0.0145. The fraction of sp³-hybridized carbons (Fsp3) is 0.500. The maximum absolute atomic E-state index is 13.0. The smallest absolute Gasteiger partial charge is 0.393 e. The number of hydrogen-bond donors (Lipinski definition) is 3. The van der Waals surface area contributed by atoms with Crippen LogP contribution in [0.15, 0.2) is 24.3 Å². The van der Waals surface area contributed by atoms with E-state index in [9.17, 15) is 27.7 Å². The Balaban J connectivity index is 1.08. The van der Waals surface area contributed by atoms with Gasteiger partial charge in [0.15, 0.2) is 0 Å². The van der Waals surface area contributed by atoms with E-state index in [-0.39, 0.29) is 22.6 Å². The molecule has 5 heterocycles. The van der Waals surface area contributed by atoms with Crippen molar-refractivity contribution in [3.8, 4) is 11.8 Å². The van der Waals surface area contributed by atoms with Gasteiger partial charge in [-0.2, -0.15) is 23.4 Å². The molecule has 6 rings (SSSR count). The quantitative estimate of drug-likeness (QED) is 0.241. The first-order valence-corrected chi connectivity index (χ1v) is 17.5. The highest BCUT2D eigenvalue weighted by Crippen LogP contribution is 2.35. The summed E-state index contributed by atoms with van der Waals surface area (Å²) in [7, 11) is -0.964. The molecule has 2 aliphatic rings. The summed E-state index contributed by atoms with van der Waals surface area (Å²) < 4.78 is 54.5. The molecule has 2 saturated heterocycles. The van der Waals surface area contributed by atoms with Gasteiger partial charge in [-0.05, 0) is 31.0 Å². The molecule has 16 heteroatoms. The van der Waals surface area contributed by atoms with Crippen LogP contribution in [0.1, 0.15) is 29.0 Å². The summed E-state index contributed by atoms with van der Waals surface area (Å²) in [4.78, 5) is 13.6. The van der Waals surface area contributed by atoms with Gasteiger partial charge in [0.05, 0.1) is 28.3 Å². The predicted molar refractivity (Wildman–Crippen MR) is 174 cm³/mol. The number of rotatable bonds is 9. The largest absolute Gasteiger partial charge is 0.508 e. The van der Waals surface area contributed by atoms with Gasteiger partial charge >= 0.3 is 6.18 Å². The first-order chi connectivity index (χ1) is 22.0. The van der Waals surface area contributed by atoms with Crippen LogP contribution in [-0.4, -0.2) is 102 Å². The summed E-state index contributed by atoms with van der Waals surface area (Å²) in [5.41, 5.74) is 8.01. The summed E-state index contributed by atoms with van der Waals surface area (Å²) >= 11 is 0.977. The van der Waals surface area contributed by atoms with E-state index < -0.39 is 23.6 Å². The Bertz CT molecular complexity index is 1790. The van der Waals surface area contributed by atoms with Crippen LogP contribution in [0.5, 0.6) is 5.75 Å². The number of benzene rings is 1. The predicted octanol–water partition coefficient (Wildman–Crippen LogP) is 3.90. The first kappa shape index (κ1) is 32.5. The summed E-state index contributed by atoms with van der Waals surface area (Å²) in [5, 5.41) is 25.7. The Labute approximate surface area is 271 Å². The van der Waals surface area contributed by atoms with Crippen molar-refractivity contribution < 1.29 is 22.5 Å². The number of phenols is 1. The van der Waals surface area contributed by atoms with Crippen molar-refractivity contribution in [2.45, 2.75) is 44.6 Å². The standard InChI is InChI=1S/C30H36F3N9O2S2/c1-46(44)41-9-6-39(7-10-41)8-11-42-22(17-34)13-19-12-20(26(43)15-25(19)42)18-40-4-2-21(3-5-40)36-27-24-14-23(16-30(31,32)33)45-28(24)38-29(35)37-27/h12-15,21,43H,2-11,16,18H2,1H3,(H3,35,36,37,38). The van der Waals surface area contributed by atoms with Gasteiger partial charge in [-0.15, -0.1) is 11.3 Å². The number of phenolic OH excluding ortho intramolecular Hbond substituents is 1. The molecular weight excluding hydrogens is 640 g/mol. The molecule has 2 aliphatic heterocycles. The summed E-state index contributed by atoms with van der Waals surface area (Å²) in [6, 6.07) is 9.41. The SMILES string of the molecule is CS(=O)N1CCN(CCn2c(C#N)cc3cc(CN4CCC(Nc5nc(N)nc6sc(CC(F)(F)F)cc56)CC4)c(O)cc32)CC1. The van der Waals surface area contributed by atoms with Crippen LogP contribution in [0.2, 0.25) is 0 Å². The van der Waals surface area contributed by atoms with Crippen molar-refractivity contribution in [1.82, 2.24) is 28.6 Å². The number of piperidine rings is 1. The summed E-state index contributed by atoms with van der Waals surface area (Å²) in [6.45, 7) is 6.52. The Morgan fingerprint density at radius 3 is 2.50 bits per heavy atom. The molecule has 2 fully saturated rings. The first-order valence-electron chi connectivity index (χ1n) is 15.1. The number of nitrogens with zero attached hydrogens (tertiary/aromatic N) is 7. The molecule has 0 saturated carbocycles. The van der Waals surface area contributed by atoms with Crippen LogP contribution >= 0.6 is 11.3 Å². The number of aromatic hydroxyl groups is 1. The van der Waals surface area contributed by atoms with Crippen molar-refractivity contribution >= 4 is 55.2 Å². The number of nitrogens with two attached hydrogens (primary N) is 1. The fourth-order valence-electron chi connectivity index (χ4n) is 6.31. The van der Waals surface area contributed by atoms with Crippen LogP contribution in [0.3, 0.4) is 0 Å². The molecule has 46 heavy (non-hydrogen) atoms. The average Bonchev–Trinajstić information content (AvgIpc) is 3.56. The van der Waals surface area contributed by atoms with Gasteiger partial charge in [0.1, 0.15) is 28.2 Å². The molecule has 11 nitrogen and oxygen atoms in total. The van der Waals surface area contributed by atoms with Crippen LogP contribution in [0.25, 0.3) is 21.1 Å². The molecule has 4 N–H and O–H groups in total. The Kier molecular flexibility index (Phi) is 9.40. The molecule has 246 valence electrons. The monoisotopic (exact) mass is 675 g/mol. The van der Waals surface area contributed by atoms with Gasteiger partial charge in [0.25, 0.3) is 0 Å². The minimum Gasteiger partial charge on any atom is -0.508 e. The van der Waals surface area contributed by atoms with Crippen molar-refractivity contribution in [3.63, 3.8) is 0 Å². The lowest BCUT2D eigenvalue weighted by atomic mass is 10.0. The normalized spacial score (nSPS) is 18.3. The molecule has 0 amide bonds. The topological polar surface area (TPSA) is 140 Å². The Hall–Kier alpha value is -3.49. The van der Waals surface area contributed by atoms with Crippen LogP contribution in [-0.2, 0) is 30.5 Å². The molecule has 3 aromatic heterocycles. The van der Waals surface area contributed by atoms with Gasteiger partial charge < -0.3 is 20.7 Å². The highest BCUT2D eigenvalue weighted by molar-refractivity contribution is 7.81. The number of piperazine rings is 1. The van der Waals surface area contributed by atoms with Gasteiger partial charge in [0.2, 0.25) is 5.95 Å². The van der Waals surface area contributed by atoms with Crippen molar-refractivity contribution in [1.29, 1.82) is 5.26 Å². The number of thiophene rings is 1. The van der Waals surface area contributed by atoms with Crippen LogP contribution in [0.4, 0.5) is 24.9 Å². The van der Waals surface area contributed by atoms with E-state index in [1.165, 1.54) is 6.07 Å². The maximum atomic E-state index is 13.0. The second-order valence-corrected chi connectivity index (χ2v) is 14.4. The highest BCUT2D eigenvalue weighted by atomic mass is 32.2. The molecule has 1 unspecified atom stereocenters. The number of anilines is 2. The lowest BCUT2D eigenvalue weighted by molar-refractivity contribution is -0.126. The van der Waals surface area contributed by atoms with E-state index in [0.717, 1.165) is 86.5 Å². The third kappa shape index (κ3) is 7.39. The van der Waals surface area contributed by atoms with E-state index in [0.29, 0.717) is 34.8 Å².